The Hall–Kier alpha value is -0.480. The SMILES string of the molecule is Cl.NC1C(O)c2cc(Cl)ccc2OC12CCCC2. The first-order valence-electron chi connectivity index (χ1n) is 6.04. The van der Waals surface area contributed by atoms with E-state index in [0.29, 0.717) is 10.6 Å². The predicted molar refractivity (Wildman–Crippen MR) is 73.5 cm³/mol. The zero-order valence-electron chi connectivity index (χ0n) is 9.93. The van der Waals surface area contributed by atoms with Gasteiger partial charge in [-0.15, -0.1) is 12.4 Å². The molecule has 3 nitrogen and oxygen atoms in total. The number of benzene rings is 1. The van der Waals surface area contributed by atoms with Crippen LogP contribution in [-0.2, 0) is 0 Å². The number of hydrogen-bond acceptors (Lipinski definition) is 3. The van der Waals surface area contributed by atoms with Crippen LogP contribution in [0, 0.1) is 0 Å². The third-order valence-electron chi connectivity index (χ3n) is 4.00. The van der Waals surface area contributed by atoms with E-state index in [9.17, 15) is 5.11 Å². The molecule has 0 radical (unpaired) electrons. The Bertz CT molecular complexity index is 447. The Morgan fingerprint density at radius 1 is 1.33 bits per heavy atom. The summed E-state index contributed by atoms with van der Waals surface area (Å²) in [5.74, 6) is 0.727. The third kappa shape index (κ3) is 1.99. The van der Waals surface area contributed by atoms with Crippen molar-refractivity contribution in [2.24, 2.45) is 5.73 Å². The number of halogens is 2. The van der Waals surface area contributed by atoms with Gasteiger partial charge in [0, 0.05) is 10.6 Å². The van der Waals surface area contributed by atoms with Crippen molar-refractivity contribution in [1.82, 2.24) is 0 Å². The molecule has 0 saturated heterocycles. The molecule has 100 valence electrons. The molecule has 1 aliphatic carbocycles. The monoisotopic (exact) mass is 289 g/mol. The van der Waals surface area contributed by atoms with Gasteiger partial charge in [0.25, 0.3) is 0 Å². The van der Waals surface area contributed by atoms with Crippen LogP contribution < -0.4 is 10.5 Å². The highest BCUT2D eigenvalue weighted by atomic mass is 35.5. The molecule has 1 aromatic carbocycles. The Morgan fingerprint density at radius 3 is 2.67 bits per heavy atom. The zero-order valence-corrected chi connectivity index (χ0v) is 11.5. The van der Waals surface area contributed by atoms with Gasteiger partial charge in [0.05, 0.1) is 6.04 Å². The number of fused-ring (bicyclic) bond motifs is 1. The van der Waals surface area contributed by atoms with Crippen molar-refractivity contribution in [3.63, 3.8) is 0 Å². The molecule has 2 atom stereocenters. The Labute approximate surface area is 118 Å². The summed E-state index contributed by atoms with van der Waals surface area (Å²) < 4.78 is 6.07. The molecule has 3 N–H and O–H groups in total. The fourth-order valence-electron chi connectivity index (χ4n) is 3.02. The maximum atomic E-state index is 10.3. The fourth-order valence-corrected chi connectivity index (χ4v) is 3.20. The highest BCUT2D eigenvalue weighted by molar-refractivity contribution is 6.30. The lowest BCUT2D eigenvalue weighted by Gasteiger charge is -2.43. The summed E-state index contributed by atoms with van der Waals surface area (Å²) in [5, 5.41) is 10.9. The van der Waals surface area contributed by atoms with Crippen LogP contribution in [0.25, 0.3) is 0 Å². The van der Waals surface area contributed by atoms with Crippen molar-refractivity contribution in [1.29, 1.82) is 0 Å². The van der Waals surface area contributed by atoms with E-state index in [1.165, 1.54) is 0 Å². The van der Waals surface area contributed by atoms with E-state index in [1.807, 2.05) is 6.07 Å². The van der Waals surface area contributed by atoms with Crippen molar-refractivity contribution in [3.8, 4) is 5.75 Å². The quantitative estimate of drug-likeness (QED) is 0.772. The maximum Gasteiger partial charge on any atom is 0.127 e. The molecule has 0 amide bonds. The van der Waals surface area contributed by atoms with Crippen LogP contribution >= 0.6 is 24.0 Å². The topological polar surface area (TPSA) is 55.5 Å². The number of nitrogens with two attached hydrogens (primary N) is 1. The van der Waals surface area contributed by atoms with Crippen molar-refractivity contribution >= 4 is 24.0 Å². The van der Waals surface area contributed by atoms with E-state index < -0.39 is 6.10 Å². The molecule has 2 unspecified atom stereocenters. The number of aliphatic hydroxyl groups excluding tert-OH is 1. The maximum absolute atomic E-state index is 10.3. The minimum absolute atomic E-state index is 0. The molecule has 5 heteroatoms. The van der Waals surface area contributed by atoms with Gasteiger partial charge >= 0.3 is 0 Å². The van der Waals surface area contributed by atoms with Gasteiger partial charge in [-0.25, -0.2) is 0 Å². The number of aliphatic hydroxyl groups is 1. The van der Waals surface area contributed by atoms with Gasteiger partial charge < -0.3 is 15.6 Å². The van der Waals surface area contributed by atoms with Crippen LogP contribution in [0.5, 0.6) is 5.75 Å². The van der Waals surface area contributed by atoms with Gasteiger partial charge in [-0.1, -0.05) is 11.6 Å². The van der Waals surface area contributed by atoms with Crippen LogP contribution in [-0.4, -0.2) is 16.7 Å². The molecular formula is C13H17Cl2NO2. The fraction of sp³-hybridized carbons (Fsp3) is 0.538. The minimum Gasteiger partial charge on any atom is -0.485 e. The third-order valence-corrected chi connectivity index (χ3v) is 4.24. The van der Waals surface area contributed by atoms with E-state index >= 15 is 0 Å². The van der Waals surface area contributed by atoms with E-state index in [2.05, 4.69) is 0 Å². The molecule has 0 aromatic heterocycles. The average Bonchev–Trinajstić information content (AvgIpc) is 2.77. The van der Waals surface area contributed by atoms with Crippen LogP contribution in [0.4, 0.5) is 0 Å². The molecule has 1 spiro atoms. The molecule has 0 bridgehead atoms. The molecule has 1 aliphatic heterocycles. The highest BCUT2D eigenvalue weighted by Gasteiger charge is 2.49. The second-order valence-corrected chi connectivity index (χ2v) is 5.46. The summed E-state index contributed by atoms with van der Waals surface area (Å²) in [6, 6.07) is 4.99. The standard InChI is InChI=1S/C13H16ClNO2.ClH/c14-8-3-4-10-9(7-8)11(16)12(15)13(17-10)5-1-2-6-13;/h3-4,7,11-12,16H,1-2,5-6,15H2;1H. The lowest BCUT2D eigenvalue weighted by Crippen LogP contribution is -2.56. The molecule has 18 heavy (non-hydrogen) atoms. The molecule has 3 rings (SSSR count). The van der Waals surface area contributed by atoms with E-state index in [4.69, 9.17) is 22.1 Å². The lowest BCUT2D eigenvalue weighted by molar-refractivity contribution is -0.0315. The molecule has 1 fully saturated rings. The number of hydrogen-bond donors (Lipinski definition) is 2. The highest BCUT2D eigenvalue weighted by Crippen LogP contribution is 2.46. The second kappa shape index (κ2) is 4.89. The summed E-state index contributed by atoms with van der Waals surface area (Å²) >= 11 is 5.93. The largest absolute Gasteiger partial charge is 0.485 e. The van der Waals surface area contributed by atoms with Gasteiger partial charge in [0.1, 0.15) is 17.5 Å². The van der Waals surface area contributed by atoms with Crippen molar-refractivity contribution in [3.05, 3.63) is 28.8 Å². The summed E-state index contributed by atoms with van der Waals surface area (Å²) in [4.78, 5) is 0. The van der Waals surface area contributed by atoms with Crippen LogP contribution in [0.2, 0.25) is 5.02 Å². The summed E-state index contributed by atoms with van der Waals surface area (Å²) in [6.07, 6.45) is 3.39. The first-order valence-corrected chi connectivity index (χ1v) is 6.42. The van der Waals surface area contributed by atoms with Gasteiger partial charge in [0.2, 0.25) is 0 Å². The summed E-state index contributed by atoms with van der Waals surface area (Å²) in [5.41, 5.74) is 6.50. The molecule has 2 aliphatic rings. The predicted octanol–water partition coefficient (Wildman–Crippen LogP) is 2.83. The smallest absolute Gasteiger partial charge is 0.127 e. The van der Waals surface area contributed by atoms with Gasteiger partial charge in [-0.2, -0.15) is 0 Å². The Balaban J connectivity index is 0.00000120. The van der Waals surface area contributed by atoms with Gasteiger partial charge in [-0.05, 0) is 43.9 Å². The van der Waals surface area contributed by atoms with Crippen LogP contribution in [0.1, 0.15) is 37.4 Å². The zero-order chi connectivity index (χ0) is 12.0. The molecule has 1 saturated carbocycles. The lowest BCUT2D eigenvalue weighted by atomic mass is 9.83. The molecular weight excluding hydrogens is 273 g/mol. The Kier molecular flexibility index (Phi) is 3.79. The van der Waals surface area contributed by atoms with Gasteiger partial charge in [-0.3, -0.25) is 0 Å². The summed E-state index contributed by atoms with van der Waals surface area (Å²) in [7, 11) is 0. The van der Waals surface area contributed by atoms with E-state index in [1.54, 1.807) is 12.1 Å². The van der Waals surface area contributed by atoms with Crippen LogP contribution in [0.3, 0.4) is 0 Å². The molecule has 1 heterocycles. The van der Waals surface area contributed by atoms with Crippen molar-refractivity contribution < 1.29 is 9.84 Å². The summed E-state index contributed by atoms with van der Waals surface area (Å²) in [6.45, 7) is 0. The van der Waals surface area contributed by atoms with Crippen molar-refractivity contribution in [2.45, 2.75) is 43.4 Å². The van der Waals surface area contributed by atoms with E-state index in [-0.39, 0.29) is 24.0 Å². The number of ether oxygens (including phenoxy) is 1. The van der Waals surface area contributed by atoms with Gasteiger partial charge in [0.15, 0.2) is 0 Å². The Morgan fingerprint density at radius 2 is 2.00 bits per heavy atom. The number of rotatable bonds is 0. The normalized spacial score (nSPS) is 28.4. The van der Waals surface area contributed by atoms with Crippen LogP contribution in [0.15, 0.2) is 18.2 Å². The second-order valence-electron chi connectivity index (χ2n) is 5.03. The minimum atomic E-state index is -0.685. The first kappa shape index (κ1) is 13.9. The average molecular weight is 290 g/mol. The van der Waals surface area contributed by atoms with Crippen molar-refractivity contribution in [2.75, 3.05) is 0 Å². The molecule has 1 aromatic rings. The first-order chi connectivity index (χ1) is 8.12. The van der Waals surface area contributed by atoms with E-state index in [0.717, 1.165) is 31.4 Å².